The number of hydrogen-bond acceptors (Lipinski definition) is 5. The van der Waals surface area contributed by atoms with Gasteiger partial charge in [0, 0.05) is 11.3 Å². The highest BCUT2D eigenvalue weighted by atomic mass is 32.2. The van der Waals surface area contributed by atoms with E-state index in [1.807, 2.05) is 4.68 Å². The molecule has 5 nitrogen and oxygen atoms in total. The molecule has 2 saturated carbocycles. The maximum Gasteiger partial charge on any atom is 0.209 e. The van der Waals surface area contributed by atoms with Gasteiger partial charge in [-0.1, -0.05) is 25.6 Å². The summed E-state index contributed by atoms with van der Waals surface area (Å²) in [7, 11) is 0. The number of rotatable bonds is 3. The monoisotopic (exact) mass is 267 g/mol. The van der Waals surface area contributed by atoms with Gasteiger partial charge in [0.15, 0.2) is 0 Å². The largest absolute Gasteiger partial charge is 0.327 e. The van der Waals surface area contributed by atoms with Crippen LogP contribution in [0, 0.1) is 5.41 Å². The second-order valence-electron chi connectivity index (χ2n) is 6.36. The van der Waals surface area contributed by atoms with Crippen LogP contribution in [0.2, 0.25) is 0 Å². The van der Waals surface area contributed by atoms with Crippen molar-refractivity contribution in [3.8, 4) is 0 Å². The Morgan fingerprint density at radius 1 is 1.33 bits per heavy atom. The molecule has 0 spiro atoms. The van der Waals surface area contributed by atoms with Crippen molar-refractivity contribution in [3.05, 3.63) is 0 Å². The molecule has 2 aliphatic rings. The van der Waals surface area contributed by atoms with Crippen LogP contribution in [0.5, 0.6) is 0 Å². The molecule has 0 amide bonds. The van der Waals surface area contributed by atoms with E-state index in [1.54, 1.807) is 11.8 Å². The summed E-state index contributed by atoms with van der Waals surface area (Å²) in [6.45, 7) is 4.66. The first-order chi connectivity index (χ1) is 8.55. The van der Waals surface area contributed by atoms with Crippen molar-refractivity contribution in [1.82, 2.24) is 20.2 Å². The Kier molecular flexibility index (Phi) is 3.10. The van der Waals surface area contributed by atoms with Gasteiger partial charge in [-0.3, -0.25) is 0 Å². The highest BCUT2D eigenvalue weighted by molar-refractivity contribution is 7.99. The summed E-state index contributed by atoms with van der Waals surface area (Å²) in [5.41, 5.74) is 6.65. The molecule has 2 unspecified atom stereocenters. The van der Waals surface area contributed by atoms with E-state index in [9.17, 15) is 0 Å². The van der Waals surface area contributed by atoms with Crippen LogP contribution in [0.4, 0.5) is 0 Å². The Morgan fingerprint density at radius 3 is 2.83 bits per heavy atom. The predicted octanol–water partition coefficient (Wildman–Crippen LogP) is 2.01. The Bertz CT molecular complexity index is 426. The minimum absolute atomic E-state index is 0.271. The number of nitrogens with two attached hydrogens (primary N) is 1. The molecular weight excluding hydrogens is 246 g/mol. The fourth-order valence-electron chi connectivity index (χ4n) is 2.62. The van der Waals surface area contributed by atoms with Crippen LogP contribution >= 0.6 is 11.8 Å². The summed E-state index contributed by atoms with van der Waals surface area (Å²) >= 11 is 1.78. The molecule has 18 heavy (non-hydrogen) atoms. The number of hydrogen-bond donors (Lipinski definition) is 1. The first-order valence-electron chi connectivity index (χ1n) is 6.75. The van der Waals surface area contributed by atoms with E-state index in [2.05, 4.69) is 29.4 Å². The maximum absolute atomic E-state index is 6.26. The fourth-order valence-corrected chi connectivity index (χ4v) is 4.11. The molecule has 6 heteroatoms. The van der Waals surface area contributed by atoms with Crippen LogP contribution < -0.4 is 5.73 Å². The minimum atomic E-state index is 0.271. The van der Waals surface area contributed by atoms with Crippen molar-refractivity contribution >= 4 is 11.8 Å². The summed E-state index contributed by atoms with van der Waals surface area (Å²) in [6.07, 6.45) is 5.90. The van der Waals surface area contributed by atoms with Crippen LogP contribution in [0.3, 0.4) is 0 Å². The van der Waals surface area contributed by atoms with Crippen LogP contribution in [0.1, 0.15) is 52.0 Å². The quantitative estimate of drug-likeness (QED) is 0.907. The van der Waals surface area contributed by atoms with Crippen molar-refractivity contribution in [1.29, 1.82) is 0 Å². The summed E-state index contributed by atoms with van der Waals surface area (Å²) in [4.78, 5) is 0. The highest BCUT2D eigenvalue weighted by Gasteiger charge is 2.36. The Balaban J connectivity index is 1.72. The van der Waals surface area contributed by atoms with Crippen molar-refractivity contribution in [2.45, 2.75) is 68.4 Å². The maximum atomic E-state index is 6.26. The second-order valence-corrected chi connectivity index (χ2v) is 7.57. The number of tetrazole rings is 1. The molecule has 2 atom stereocenters. The molecule has 0 aliphatic heterocycles. The van der Waals surface area contributed by atoms with Crippen molar-refractivity contribution < 1.29 is 0 Å². The zero-order valence-corrected chi connectivity index (χ0v) is 11.9. The highest BCUT2D eigenvalue weighted by Crippen LogP contribution is 2.43. The van der Waals surface area contributed by atoms with E-state index < -0.39 is 0 Å². The molecule has 0 radical (unpaired) electrons. The van der Waals surface area contributed by atoms with E-state index in [0.29, 0.717) is 16.7 Å². The second kappa shape index (κ2) is 4.49. The van der Waals surface area contributed by atoms with Gasteiger partial charge in [-0.05, 0) is 47.9 Å². The van der Waals surface area contributed by atoms with Gasteiger partial charge in [0.2, 0.25) is 5.16 Å². The van der Waals surface area contributed by atoms with Gasteiger partial charge < -0.3 is 5.73 Å². The van der Waals surface area contributed by atoms with Crippen molar-refractivity contribution in [3.63, 3.8) is 0 Å². The summed E-state index contributed by atoms with van der Waals surface area (Å²) in [5.74, 6) is 0. The molecule has 3 rings (SSSR count). The first-order valence-corrected chi connectivity index (χ1v) is 7.63. The average molecular weight is 267 g/mol. The topological polar surface area (TPSA) is 69.6 Å². The lowest BCUT2D eigenvalue weighted by Gasteiger charge is -2.38. The average Bonchev–Trinajstić information content (AvgIpc) is 3.05. The molecule has 100 valence electrons. The molecule has 0 saturated heterocycles. The van der Waals surface area contributed by atoms with Gasteiger partial charge in [-0.15, -0.1) is 5.10 Å². The zero-order valence-electron chi connectivity index (χ0n) is 11.0. The normalized spacial score (nSPS) is 31.5. The fraction of sp³-hybridized carbons (Fsp3) is 0.917. The van der Waals surface area contributed by atoms with E-state index >= 15 is 0 Å². The molecule has 1 heterocycles. The number of aromatic nitrogens is 4. The van der Waals surface area contributed by atoms with E-state index in [-0.39, 0.29) is 6.04 Å². The molecule has 0 aromatic carbocycles. The number of nitrogens with zero attached hydrogens (tertiary/aromatic N) is 4. The van der Waals surface area contributed by atoms with Crippen LogP contribution in [0.25, 0.3) is 0 Å². The molecule has 2 N–H and O–H groups in total. The molecular formula is C12H21N5S. The van der Waals surface area contributed by atoms with Gasteiger partial charge >= 0.3 is 0 Å². The third kappa shape index (κ3) is 2.54. The summed E-state index contributed by atoms with van der Waals surface area (Å²) in [6, 6.07) is 0.808. The van der Waals surface area contributed by atoms with Crippen molar-refractivity contribution in [2.75, 3.05) is 0 Å². The lowest BCUT2D eigenvalue weighted by atomic mass is 9.75. The lowest BCUT2D eigenvalue weighted by Crippen LogP contribution is -2.41. The molecule has 1 aromatic heterocycles. The van der Waals surface area contributed by atoms with Crippen LogP contribution in [0.15, 0.2) is 5.16 Å². The van der Waals surface area contributed by atoms with Gasteiger partial charge in [0.25, 0.3) is 0 Å². The van der Waals surface area contributed by atoms with E-state index in [4.69, 9.17) is 5.73 Å². The van der Waals surface area contributed by atoms with Gasteiger partial charge in [0.1, 0.15) is 0 Å². The molecule has 2 aliphatic carbocycles. The Hall–Kier alpha value is -0.620. The SMILES string of the molecule is CC1(C)CCC(N)C(Sc2nnnn2C2CC2)C1. The third-order valence-corrected chi connectivity index (χ3v) is 5.30. The van der Waals surface area contributed by atoms with E-state index in [0.717, 1.165) is 18.0 Å². The van der Waals surface area contributed by atoms with Gasteiger partial charge in [0.05, 0.1) is 6.04 Å². The summed E-state index contributed by atoms with van der Waals surface area (Å²) < 4.78 is 1.99. The van der Waals surface area contributed by atoms with Crippen molar-refractivity contribution in [2.24, 2.45) is 11.1 Å². The Morgan fingerprint density at radius 2 is 2.11 bits per heavy atom. The summed E-state index contributed by atoms with van der Waals surface area (Å²) in [5, 5.41) is 13.5. The van der Waals surface area contributed by atoms with Crippen LogP contribution in [-0.4, -0.2) is 31.5 Å². The lowest BCUT2D eigenvalue weighted by molar-refractivity contribution is 0.232. The van der Waals surface area contributed by atoms with Crippen LogP contribution in [-0.2, 0) is 0 Å². The van der Waals surface area contributed by atoms with Gasteiger partial charge in [-0.2, -0.15) is 0 Å². The zero-order chi connectivity index (χ0) is 12.8. The van der Waals surface area contributed by atoms with Gasteiger partial charge in [-0.25, -0.2) is 4.68 Å². The molecule has 1 aromatic rings. The standard InChI is InChI=1S/C12H21N5S/c1-12(2)6-5-9(13)10(7-12)18-11-14-15-16-17(11)8-3-4-8/h8-10H,3-7,13H2,1-2H3. The van der Waals surface area contributed by atoms with E-state index in [1.165, 1.54) is 19.3 Å². The molecule has 2 fully saturated rings. The predicted molar refractivity (Wildman–Crippen MR) is 71.3 cm³/mol. The smallest absolute Gasteiger partial charge is 0.209 e. The Labute approximate surface area is 112 Å². The minimum Gasteiger partial charge on any atom is -0.327 e. The third-order valence-electron chi connectivity index (χ3n) is 4.00. The first kappa shape index (κ1) is 12.4. The molecule has 0 bridgehead atoms. The number of thioether (sulfide) groups is 1.